The summed E-state index contributed by atoms with van der Waals surface area (Å²) in [7, 11) is 2.98. The first-order chi connectivity index (χ1) is 14.9. The number of rotatable bonds is 7. The van der Waals surface area contributed by atoms with Crippen LogP contribution in [0, 0.1) is 0 Å². The standard InChI is InChI=1S/C24H22ClNO5/c1-15(24(28)26-20-10-6-8-17-7-4-5-9-18(17)20)31-22(27)12-11-16-13-19(25)23(30-3)21(14-16)29-2/h4-15H,1-3H3,(H,26,28)/b12-11+. The van der Waals surface area contributed by atoms with Crippen LogP contribution in [0.25, 0.3) is 16.8 Å². The van der Waals surface area contributed by atoms with E-state index in [-0.39, 0.29) is 0 Å². The second-order valence-electron chi connectivity index (χ2n) is 6.67. The molecule has 3 aromatic carbocycles. The van der Waals surface area contributed by atoms with Crippen molar-refractivity contribution >= 4 is 46.0 Å². The highest BCUT2D eigenvalue weighted by Gasteiger charge is 2.17. The van der Waals surface area contributed by atoms with Gasteiger partial charge in [-0.05, 0) is 42.1 Å². The third-order valence-corrected chi connectivity index (χ3v) is 4.86. The van der Waals surface area contributed by atoms with Gasteiger partial charge in [-0.3, -0.25) is 4.79 Å². The minimum Gasteiger partial charge on any atom is -0.493 e. The highest BCUT2D eigenvalue weighted by molar-refractivity contribution is 6.32. The number of benzene rings is 3. The Bertz CT molecular complexity index is 1140. The highest BCUT2D eigenvalue weighted by atomic mass is 35.5. The van der Waals surface area contributed by atoms with Crippen LogP contribution >= 0.6 is 11.6 Å². The van der Waals surface area contributed by atoms with Crippen molar-refractivity contribution in [1.82, 2.24) is 0 Å². The number of esters is 1. The van der Waals surface area contributed by atoms with E-state index in [1.54, 1.807) is 18.2 Å². The zero-order valence-electron chi connectivity index (χ0n) is 17.3. The Morgan fingerprint density at radius 1 is 1.03 bits per heavy atom. The first-order valence-electron chi connectivity index (χ1n) is 9.51. The maximum Gasteiger partial charge on any atom is 0.331 e. The van der Waals surface area contributed by atoms with E-state index in [4.69, 9.17) is 25.8 Å². The maximum atomic E-state index is 12.5. The fourth-order valence-electron chi connectivity index (χ4n) is 3.03. The molecule has 1 amide bonds. The molecule has 1 N–H and O–H groups in total. The molecule has 0 aliphatic rings. The minimum absolute atomic E-state index is 0.345. The molecular weight excluding hydrogens is 418 g/mol. The lowest BCUT2D eigenvalue weighted by Crippen LogP contribution is -2.29. The molecule has 0 aromatic heterocycles. The Balaban J connectivity index is 1.65. The van der Waals surface area contributed by atoms with Gasteiger partial charge in [-0.1, -0.05) is 48.0 Å². The minimum atomic E-state index is -0.981. The van der Waals surface area contributed by atoms with Crippen LogP contribution in [0.4, 0.5) is 5.69 Å². The molecule has 6 nitrogen and oxygen atoms in total. The summed E-state index contributed by atoms with van der Waals surface area (Å²) in [6, 6.07) is 16.6. The van der Waals surface area contributed by atoms with E-state index in [1.165, 1.54) is 33.3 Å². The number of carbonyl (C=O) groups excluding carboxylic acids is 2. The lowest BCUT2D eigenvalue weighted by Gasteiger charge is -2.14. The highest BCUT2D eigenvalue weighted by Crippen LogP contribution is 2.36. The molecule has 0 spiro atoms. The van der Waals surface area contributed by atoms with Gasteiger partial charge in [0.05, 0.1) is 19.2 Å². The number of carbonyl (C=O) groups is 2. The van der Waals surface area contributed by atoms with Crippen LogP contribution in [0.1, 0.15) is 12.5 Å². The largest absolute Gasteiger partial charge is 0.493 e. The lowest BCUT2D eigenvalue weighted by atomic mass is 10.1. The maximum absolute atomic E-state index is 12.5. The van der Waals surface area contributed by atoms with Gasteiger partial charge in [0.25, 0.3) is 5.91 Å². The zero-order chi connectivity index (χ0) is 22.4. The molecule has 0 saturated heterocycles. The molecule has 0 saturated carbocycles. The summed E-state index contributed by atoms with van der Waals surface area (Å²) in [4.78, 5) is 24.7. The zero-order valence-corrected chi connectivity index (χ0v) is 18.1. The first kappa shape index (κ1) is 22.2. The van der Waals surface area contributed by atoms with Gasteiger partial charge in [-0.25, -0.2) is 4.79 Å². The average molecular weight is 440 g/mol. The Morgan fingerprint density at radius 2 is 1.77 bits per heavy atom. The SMILES string of the molecule is COc1cc(/C=C/C(=O)OC(C)C(=O)Nc2cccc3ccccc23)cc(Cl)c1OC. The van der Waals surface area contributed by atoms with Gasteiger partial charge in [0.2, 0.25) is 0 Å². The average Bonchev–Trinajstić information content (AvgIpc) is 2.77. The third kappa shape index (κ3) is 5.35. The van der Waals surface area contributed by atoms with Crippen molar-refractivity contribution in [1.29, 1.82) is 0 Å². The monoisotopic (exact) mass is 439 g/mol. The topological polar surface area (TPSA) is 73.9 Å². The van der Waals surface area contributed by atoms with Crippen molar-refractivity contribution in [2.24, 2.45) is 0 Å². The molecule has 0 bridgehead atoms. The van der Waals surface area contributed by atoms with E-state index in [0.717, 1.165) is 10.8 Å². The van der Waals surface area contributed by atoms with Gasteiger partial charge in [0.1, 0.15) is 0 Å². The smallest absolute Gasteiger partial charge is 0.331 e. The number of fused-ring (bicyclic) bond motifs is 1. The van der Waals surface area contributed by atoms with Crippen molar-refractivity contribution in [3.8, 4) is 11.5 Å². The third-order valence-electron chi connectivity index (χ3n) is 4.58. The van der Waals surface area contributed by atoms with E-state index in [2.05, 4.69) is 5.32 Å². The second kappa shape index (κ2) is 10.00. The van der Waals surface area contributed by atoms with Crippen molar-refractivity contribution < 1.29 is 23.8 Å². The quantitative estimate of drug-likeness (QED) is 0.410. The summed E-state index contributed by atoms with van der Waals surface area (Å²) in [6.45, 7) is 1.51. The molecule has 0 radical (unpaired) electrons. The van der Waals surface area contributed by atoms with Crippen LogP contribution in [0.2, 0.25) is 5.02 Å². The molecule has 0 fully saturated rings. The Hall–Kier alpha value is -3.51. The molecule has 160 valence electrons. The van der Waals surface area contributed by atoms with E-state index in [0.29, 0.717) is 27.8 Å². The van der Waals surface area contributed by atoms with Crippen molar-refractivity contribution in [3.63, 3.8) is 0 Å². The van der Waals surface area contributed by atoms with Gasteiger partial charge in [0.15, 0.2) is 17.6 Å². The number of halogens is 1. The number of hydrogen-bond donors (Lipinski definition) is 1. The van der Waals surface area contributed by atoms with Gasteiger partial charge in [-0.15, -0.1) is 0 Å². The van der Waals surface area contributed by atoms with E-state index >= 15 is 0 Å². The van der Waals surface area contributed by atoms with E-state index < -0.39 is 18.0 Å². The van der Waals surface area contributed by atoms with E-state index in [9.17, 15) is 9.59 Å². The molecule has 1 atom stereocenters. The molecule has 1 unspecified atom stereocenters. The molecular formula is C24H22ClNO5. The van der Waals surface area contributed by atoms with Crippen LogP contribution in [0.5, 0.6) is 11.5 Å². The molecule has 0 aliphatic carbocycles. The lowest BCUT2D eigenvalue weighted by molar-refractivity contribution is -0.148. The number of anilines is 1. The van der Waals surface area contributed by atoms with Gasteiger partial charge >= 0.3 is 5.97 Å². The molecule has 31 heavy (non-hydrogen) atoms. The Kier molecular flexibility index (Phi) is 7.15. The summed E-state index contributed by atoms with van der Waals surface area (Å²) >= 11 is 6.17. The van der Waals surface area contributed by atoms with Crippen LogP contribution in [-0.4, -0.2) is 32.2 Å². The summed E-state index contributed by atoms with van der Waals surface area (Å²) in [5.41, 5.74) is 1.27. The van der Waals surface area contributed by atoms with Crippen LogP contribution in [0.3, 0.4) is 0 Å². The van der Waals surface area contributed by atoms with Crippen molar-refractivity contribution in [2.75, 3.05) is 19.5 Å². The van der Waals surface area contributed by atoms with Crippen molar-refractivity contribution in [2.45, 2.75) is 13.0 Å². The molecule has 3 rings (SSSR count). The van der Waals surface area contributed by atoms with Gasteiger partial charge in [-0.2, -0.15) is 0 Å². The second-order valence-corrected chi connectivity index (χ2v) is 7.07. The number of ether oxygens (including phenoxy) is 3. The predicted octanol–water partition coefficient (Wildman–Crippen LogP) is 5.09. The molecule has 3 aromatic rings. The Labute approximate surface area is 185 Å². The normalized spacial score (nSPS) is 11.9. The first-order valence-corrected chi connectivity index (χ1v) is 9.89. The summed E-state index contributed by atoms with van der Waals surface area (Å²) < 4.78 is 15.6. The fraction of sp³-hybridized carbons (Fsp3) is 0.167. The number of hydrogen-bond acceptors (Lipinski definition) is 5. The van der Waals surface area contributed by atoms with Crippen LogP contribution in [-0.2, 0) is 14.3 Å². The summed E-state index contributed by atoms with van der Waals surface area (Å²) in [6.07, 6.45) is 1.76. The predicted molar refractivity (Wildman–Crippen MR) is 122 cm³/mol. The fourth-order valence-corrected chi connectivity index (χ4v) is 3.33. The summed E-state index contributed by atoms with van der Waals surface area (Å²) in [5, 5.41) is 5.06. The number of methoxy groups -OCH3 is 2. The van der Waals surface area contributed by atoms with E-state index in [1.807, 2.05) is 36.4 Å². The molecule has 0 aliphatic heterocycles. The van der Waals surface area contributed by atoms with Gasteiger partial charge < -0.3 is 19.5 Å². The number of amides is 1. The number of nitrogens with one attached hydrogen (secondary N) is 1. The Morgan fingerprint density at radius 3 is 2.52 bits per heavy atom. The van der Waals surface area contributed by atoms with Crippen LogP contribution < -0.4 is 14.8 Å². The van der Waals surface area contributed by atoms with Crippen LogP contribution in [0.15, 0.2) is 60.7 Å². The molecule has 7 heteroatoms. The summed E-state index contributed by atoms with van der Waals surface area (Å²) in [5.74, 6) is -0.243. The van der Waals surface area contributed by atoms with Crippen molar-refractivity contribution in [3.05, 3.63) is 71.3 Å². The molecule has 0 heterocycles. The van der Waals surface area contributed by atoms with Gasteiger partial charge in [0, 0.05) is 17.1 Å².